The molecule has 2 rings (SSSR count). The van der Waals surface area contributed by atoms with Crippen molar-refractivity contribution in [1.82, 2.24) is 9.97 Å². The van der Waals surface area contributed by atoms with Crippen LogP contribution in [-0.2, 0) is 0 Å². The number of hydrogen-bond donors (Lipinski definition) is 0. The van der Waals surface area contributed by atoms with E-state index in [0.29, 0.717) is 12.0 Å². The topological polar surface area (TPSA) is 29.0 Å². The summed E-state index contributed by atoms with van der Waals surface area (Å²) in [6.07, 6.45) is 7.16. The number of nitrogens with zero attached hydrogens (tertiary/aromatic N) is 3. The van der Waals surface area contributed by atoms with Crippen LogP contribution < -0.4 is 4.90 Å². The fraction of sp³-hybridized carbons (Fsp3) is 0.636. The summed E-state index contributed by atoms with van der Waals surface area (Å²) in [4.78, 5) is 10.3. The normalized spacial score (nSPS) is 21.1. The van der Waals surface area contributed by atoms with Gasteiger partial charge in [0, 0.05) is 17.9 Å². The van der Waals surface area contributed by atoms with E-state index in [9.17, 15) is 4.39 Å². The van der Waals surface area contributed by atoms with Gasteiger partial charge in [0.2, 0.25) is 5.95 Å². The predicted octanol–water partition coefficient (Wildman–Crippen LogP) is 2.76. The number of piperidine rings is 1. The van der Waals surface area contributed by atoms with E-state index in [1.807, 2.05) is 0 Å². The molecule has 1 aliphatic heterocycles. The summed E-state index contributed by atoms with van der Waals surface area (Å²) in [5.41, 5.74) is 0. The molecule has 0 spiro atoms. The molecule has 1 aromatic rings. The highest BCUT2D eigenvalue weighted by Crippen LogP contribution is 2.23. The summed E-state index contributed by atoms with van der Waals surface area (Å²) in [5, 5.41) is 0.982. The van der Waals surface area contributed by atoms with Gasteiger partial charge in [0.1, 0.15) is 0 Å². The standard InChI is InChI=1S/C11H15BrFN3/c12-5-4-10-3-1-2-6-16(10)11-14-7-9(13)8-15-11/h7-8,10H,1-6H2. The van der Waals surface area contributed by atoms with E-state index >= 15 is 0 Å². The van der Waals surface area contributed by atoms with E-state index in [2.05, 4.69) is 30.8 Å². The molecule has 0 aromatic carbocycles. The molecule has 0 bridgehead atoms. The zero-order valence-electron chi connectivity index (χ0n) is 9.07. The van der Waals surface area contributed by atoms with Crippen LogP contribution in [0.1, 0.15) is 25.7 Å². The molecule has 5 heteroatoms. The smallest absolute Gasteiger partial charge is 0.225 e. The summed E-state index contributed by atoms with van der Waals surface area (Å²) in [6.45, 7) is 0.975. The fourth-order valence-electron chi connectivity index (χ4n) is 2.14. The molecule has 1 atom stereocenters. The van der Waals surface area contributed by atoms with Crippen molar-refractivity contribution in [3.8, 4) is 0 Å². The molecular formula is C11H15BrFN3. The van der Waals surface area contributed by atoms with E-state index in [1.54, 1.807) is 0 Å². The lowest BCUT2D eigenvalue weighted by atomic mass is 10.0. The molecule has 1 aromatic heterocycles. The van der Waals surface area contributed by atoms with Crippen LogP contribution in [0.4, 0.5) is 10.3 Å². The molecule has 1 saturated heterocycles. The van der Waals surface area contributed by atoms with Gasteiger partial charge in [-0.2, -0.15) is 0 Å². The first-order valence-corrected chi connectivity index (χ1v) is 6.73. The van der Waals surface area contributed by atoms with Crippen LogP contribution >= 0.6 is 15.9 Å². The lowest BCUT2D eigenvalue weighted by molar-refractivity contribution is 0.444. The van der Waals surface area contributed by atoms with Crippen LogP contribution in [0, 0.1) is 5.82 Å². The Labute approximate surface area is 103 Å². The maximum Gasteiger partial charge on any atom is 0.225 e. The SMILES string of the molecule is Fc1cnc(N2CCCCC2CCBr)nc1. The van der Waals surface area contributed by atoms with E-state index < -0.39 is 0 Å². The molecule has 88 valence electrons. The minimum Gasteiger partial charge on any atom is -0.338 e. The van der Waals surface area contributed by atoms with Crippen molar-refractivity contribution >= 4 is 21.9 Å². The number of anilines is 1. The van der Waals surface area contributed by atoms with Crippen molar-refractivity contribution in [3.05, 3.63) is 18.2 Å². The third-order valence-electron chi connectivity index (χ3n) is 2.93. The quantitative estimate of drug-likeness (QED) is 0.801. The fourth-order valence-corrected chi connectivity index (χ4v) is 2.67. The van der Waals surface area contributed by atoms with Gasteiger partial charge in [-0.05, 0) is 25.7 Å². The molecular weight excluding hydrogens is 273 g/mol. The molecule has 1 aliphatic rings. The molecule has 16 heavy (non-hydrogen) atoms. The first-order valence-electron chi connectivity index (χ1n) is 5.61. The summed E-state index contributed by atoms with van der Waals surface area (Å²) >= 11 is 3.47. The van der Waals surface area contributed by atoms with Crippen molar-refractivity contribution < 1.29 is 4.39 Å². The minimum absolute atomic E-state index is 0.377. The van der Waals surface area contributed by atoms with Crippen molar-refractivity contribution in [2.75, 3.05) is 16.8 Å². The Hall–Kier alpha value is -0.710. The van der Waals surface area contributed by atoms with Gasteiger partial charge in [-0.3, -0.25) is 0 Å². The highest BCUT2D eigenvalue weighted by atomic mass is 79.9. The molecule has 1 unspecified atom stereocenters. The predicted molar refractivity (Wildman–Crippen MR) is 65.4 cm³/mol. The van der Waals surface area contributed by atoms with Crippen LogP contribution in [0.5, 0.6) is 0 Å². The third-order valence-corrected chi connectivity index (χ3v) is 3.39. The van der Waals surface area contributed by atoms with Crippen LogP contribution in [0.15, 0.2) is 12.4 Å². The molecule has 1 fully saturated rings. The van der Waals surface area contributed by atoms with E-state index in [1.165, 1.54) is 31.7 Å². The average molecular weight is 288 g/mol. The Balaban J connectivity index is 2.13. The summed E-state index contributed by atoms with van der Waals surface area (Å²) < 4.78 is 12.7. The van der Waals surface area contributed by atoms with Gasteiger partial charge in [0.05, 0.1) is 12.4 Å². The van der Waals surface area contributed by atoms with Crippen LogP contribution in [0.3, 0.4) is 0 Å². The highest BCUT2D eigenvalue weighted by molar-refractivity contribution is 9.09. The Morgan fingerprint density at radius 2 is 2.12 bits per heavy atom. The van der Waals surface area contributed by atoms with E-state index in [0.717, 1.165) is 18.3 Å². The summed E-state index contributed by atoms with van der Waals surface area (Å²) in [6, 6.07) is 0.485. The lowest BCUT2D eigenvalue weighted by Crippen LogP contribution is -2.40. The molecule has 0 saturated carbocycles. The van der Waals surface area contributed by atoms with Gasteiger partial charge in [0.25, 0.3) is 0 Å². The van der Waals surface area contributed by atoms with E-state index in [4.69, 9.17) is 0 Å². The number of alkyl halides is 1. The summed E-state index contributed by atoms with van der Waals surface area (Å²) in [7, 11) is 0. The summed E-state index contributed by atoms with van der Waals surface area (Å²) in [5.74, 6) is 0.282. The van der Waals surface area contributed by atoms with Crippen LogP contribution in [0.2, 0.25) is 0 Å². The minimum atomic E-state index is -0.377. The van der Waals surface area contributed by atoms with Crippen molar-refractivity contribution in [2.45, 2.75) is 31.7 Å². The first kappa shape index (κ1) is 11.8. The third kappa shape index (κ3) is 2.70. The largest absolute Gasteiger partial charge is 0.338 e. The lowest BCUT2D eigenvalue weighted by Gasteiger charge is -2.35. The Morgan fingerprint density at radius 1 is 1.38 bits per heavy atom. The second-order valence-electron chi connectivity index (χ2n) is 4.02. The molecule has 0 aliphatic carbocycles. The number of rotatable bonds is 3. The first-order chi connectivity index (χ1) is 7.81. The Kier molecular flexibility index (Phi) is 4.09. The molecule has 0 amide bonds. The Bertz CT molecular complexity index is 329. The Morgan fingerprint density at radius 3 is 2.81 bits per heavy atom. The van der Waals surface area contributed by atoms with Crippen LogP contribution in [0.25, 0.3) is 0 Å². The van der Waals surface area contributed by atoms with Crippen molar-refractivity contribution in [1.29, 1.82) is 0 Å². The van der Waals surface area contributed by atoms with Crippen molar-refractivity contribution in [3.63, 3.8) is 0 Å². The van der Waals surface area contributed by atoms with Gasteiger partial charge in [-0.25, -0.2) is 14.4 Å². The van der Waals surface area contributed by atoms with Gasteiger partial charge in [-0.1, -0.05) is 15.9 Å². The maximum absolute atomic E-state index is 12.7. The van der Waals surface area contributed by atoms with Crippen molar-refractivity contribution in [2.24, 2.45) is 0 Å². The van der Waals surface area contributed by atoms with E-state index in [-0.39, 0.29) is 5.82 Å². The molecule has 0 N–H and O–H groups in total. The zero-order chi connectivity index (χ0) is 11.4. The maximum atomic E-state index is 12.7. The van der Waals surface area contributed by atoms with Gasteiger partial charge < -0.3 is 4.90 Å². The van der Waals surface area contributed by atoms with Gasteiger partial charge >= 0.3 is 0 Å². The van der Waals surface area contributed by atoms with Gasteiger partial charge in [-0.15, -0.1) is 0 Å². The van der Waals surface area contributed by atoms with Gasteiger partial charge in [0.15, 0.2) is 5.82 Å². The number of aromatic nitrogens is 2. The molecule has 0 radical (unpaired) electrons. The van der Waals surface area contributed by atoms with Crippen LogP contribution in [-0.4, -0.2) is 27.9 Å². The average Bonchev–Trinajstić information content (AvgIpc) is 2.32. The number of halogens is 2. The second kappa shape index (κ2) is 5.57. The second-order valence-corrected chi connectivity index (χ2v) is 4.81. The highest BCUT2D eigenvalue weighted by Gasteiger charge is 2.23. The monoisotopic (exact) mass is 287 g/mol. The molecule has 3 nitrogen and oxygen atoms in total. The zero-order valence-corrected chi connectivity index (χ0v) is 10.7. The number of hydrogen-bond acceptors (Lipinski definition) is 3. The molecule has 2 heterocycles.